The van der Waals surface area contributed by atoms with E-state index in [-0.39, 0.29) is 6.54 Å². The van der Waals surface area contributed by atoms with Crippen molar-refractivity contribution in [2.24, 2.45) is 5.73 Å². The molecule has 2 aromatic carbocycles. The minimum Gasteiger partial charge on any atom is -0.326 e. The third kappa shape index (κ3) is 3.12. The van der Waals surface area contributed by atoms with Gasteiger partial charge >= 0.3 is 6.18 Å². The number of benzene rings is 2. The molecule has 0 atom stereocenters. The summed E-state index contributed by atoms with van der Waals surface area (Å²) in [6, 6.07) is 8.96. The van der Waals surface area contributed by atoms with Gasteiger partial charge in [0.25, 0.3) is 0 Å². The largest absolute Gasteiger partial charge is 0.416 e. The lowest BCUT2D eigenvalue weighted by atomic mass is 9.99. The van der Waals surface area contributed by atoms with Crippen LogP contribution in [0.2, 0.25) is 0 Å². The molecule has 2 rings (SSSR count). The summed E-state index contributed by atoms with van der Waals surface area (Å²) in [5.41, 5.74) is 5.66. The Bertz CT molecular complexity index is 590. The number of nitrogens with two attached hydrogens (primary N) is 1. The van der Waals surface area contributed by atoms with Crippen LogP contribution in [0.25, 0.3) is 11.1 Å². The Hall–Kier alpha value is -1.88. The maximum Gasteiger partial charge on any atom is 0.416 e. The first-order valence-electron chi connectivity index (χ1n) is 5.57. The Morgan fingerprint density at radius 1 is 0.947 bits per heavy atom. The highest BCUT2D eigenvalue weighted by molar-refractivity contribution is 5.65. The summed E-state index contributed by atoms with van der Waals surface area (Å²) in [6.07, 6.45) is -4.45. The molecule has 0 spiro atoms. The van der Waals surface area contributed by atoms with Crippen molar-refractivity contribution in [1.29, 1.82) is 0 Å². The van der Waals surface area contributed by atoms with Crippen LogP contribution < -0.4 is 5.73 Å². The molecule has 0 bridgehead atoms. The predicted molar refractivity (Wildman–Crippen MR) is 64.7 cm³/mol. The molecule has 0 amide bonds. The lowest BCUT2D eigenvalue weighted by molar-refractivity contribution is -0.137. The van der Waals surface area contributed by atoms with E-state index in [2.05, 4.69) is 0 Å². The van der Waals surface area contributed by atoms with E-state index in [1.807, 2.05) is 0 Å². The highest BCUT2D eigenvalue weighted by Gasteiger charge is 2.31. The SMILES string of the molecule is NCc1cc(-c2cccc(F)c2)cc(C(F)(F)F)c1. The monoisotopic (exact) mass is 269 g/mol. The summed E-state index contributed by atoms with van der Waals surface area (Å²) in [5, 5.41) is 0. The zero-order valence-corrected chi connectivity index (χ0v) is 9.84. The van der Waals surface area contributed by atoms with E-state index in [0.29, 0.717) is 16.7 Å². The number of hydrogen-bond donors (Lipinski definition) is 1. The van der Waals surface area contributed by atoms with Crippen LogP contribution in [0.15, 0.2) is 42.5 Å². The molecule has 0 unspecified atom stereocenters. The molecule has 2 aromatic rings. The van der Waals surface area contributed by atoms with Crippen LogP contribution >= 0.6 is 0 Å². The first kappa shape index (κ1) is 13.5. The van der Waals surface area contributed by atoms with Crippen LogP contribution in [-0.4, -0.2) is 0 Å². The van der Waals surface area contributed by atoms with Gasteiger partial charge in [-0.3, -0.25) is 0 Å². The first-order valence-corrected chi connectivity index (χ1v) is 5.57. The third-order valence-electron chi connectivity index (χ3n) is 2.71. The number of halogens is 4. The summed E-state index contributed by atoms with van der Waals surface area (Å²) >= 11 is 0. The Balaban J connectivity index is 2.57. The molecule has 19 heavy (non-hydrogen) atoms. The van der Waals surface area contributed by atoms with Gasteiger partial charge < -0.3 is 5.73 Å². The van der Waals surface area contributed by atoms with Gasteiger partial charge in [-0.15, -0.1) is 0 Å². The number of alkyl halides is 3. The molecule has 0 fully saturated rings. The van der Waals surface area contributed by atoms with Crippen LogP contribution in [0.1, 0.15) is 11.1 Å². The van der Waals surface area contributed by atoms with Crippen molar-refractivity contribution in [2.75, 3.05) is 0 Å². The van der Waals surface area contributed by atoms with Gasteiger partial charge in [0, 0.05) is 6.54 Å². The summed E-state index contributed by atoms with van der Waals surface area (Å²) in [6.45, 7) is -0.00770. The quantitative estimate of drug-likeness (QED) is 0.820. The summed E-state index contributed by atoms with van der Waals surface area (Å²) in [7, 11) is 0. The molecule has 100 valence electrons. The van der Waals surface area contributed by atoms with Crippen LogP contribution in [0.4, 0.5) is 17.6 Å². The van der Waals surface area contributed by atoms with Crippen LogP contribution in [0.3, 0.4) is 0 Å². The smallest absolute Gasteiger partial charge is 0.326 e. The van der Waals surface area contributed by atoms with E-state index in [9.17, 15) is 17.6 Å². The number of rotatable bonds is 2. The average molecular weight is 269 g/mol. The molecule has 0 heterocycles. The third-order valence-corrected chi connectivity index (χ3v) is 2.71. The molecule has 0 radical (unpaired) electrons. The first-order chi connectivity index (χ1) is 8.90. The van der Waals surface area contributed by atoms with Gasteiger partial charge in [0.2, 0.25) is 0 Å². The average Bonchev–Trinajstić information content (AvgIpc) is 2.37. The van der Waals surface area contributed by atoms with Gasteiger partial charge in [-0.25, -0.2) is 4.39 Å². The van der Waals surface area contributed by atoms with Gasteiger partial charge in [-0.05, 0) is 47.0 Å². The van der Waals surface area contributed by atoms with Crippen molar-refractivity contribution in [3.63, 3.8) is 0 Å². The van der Waals surface area contributed by atoms with E-state index in [4.69, 9.17) is 5.73 Å². The van der Waals surface area contributed by atoms with Crippen LogP contribution in [-0.2, 0) is 12.7 Å². The molecule has 0 saturated carbocycles. The van der Waals surface area contributed by atoms with E-state index in [0.717, 1.165) is 12.1 Å². The predicted octanol–water partition coefficient (Wildman–Crippen LogP) is 3.97. The maximum atomic E-state index is 13.1. The second-order valence-electron chi connectivity index (χ2n) is 4.13. The Morgan fingerprint density at radius 2 is 1.68 bits per heavy atom. The lowest BCUT2D eigenvalue weighted by Crippen LogP contribution is -2.07. The second kappa shape index (κ2) is 5.01. The zero-order chi connectivity index (χ0) is 14.0. The Kier molecular flexibility index (Phi) is 3.57. The van der Waals surface area contributed by atoms with Crippen molar-refractivity contribution < 1.29 is 17.6 Å². The summed E-state index contributed by atoms with van der Waals surface area (Å²) in [4.78, 5) is 0. The molecule has 0 aromatic heterocycles. The minimum absolute atomic E-state index is 0.00770. The standard InChI is InChI=1S/C14H11F4N/c15-13-3-1-2-10(7-13)11-4-9(8-19)5-12(6-11)14(16,17)18/h1-7H,8,19H2. The molecule has 2 N–H and O–H groups in total. The molecular formula is C14H11F4N. The second-order valence-corrected chi connectivity index (χ2v) is 4.13. The van der Waals surface area contributed by atoms with Crippen LogP contribution in [0, 0.1) is 5.82 Å². The van der Waals surface area contributed by atoms with E-state index in [1.54, 1.807) is 6.07 Å². The number of hydrogen-bond acceptors (Lipinski definition) is 1. The van der Waals surface area contributed by atoms with Crippen LogP contribution in [0.5, 0.6) is 0 Å². The summed E-state index contributed by atoms with van der Waals surface area (Å²) in [5.74, 6) is -0.496. The molecule has 0 aliphatic carbocycles. The van der Waals surface area contributed by atoms with Gasteiger partial charge in [-0.1, -0.05) is 12.1 Å². The lowest BCUT2D eigenvalue weighted by Gasteiger charge is -2.11. The van der Waals surface area contributed by atoms with Crippen molar-refractivity contribution in [3.8, 4) is 11.1 Å². The molecule has 0 saturated heterocycles. The van der Waals surface area contributed by atoms with Gasteiger partial charge in [-0.2, -0.15) is 13.2 Å². The van der Waals surface area contributed by atoms with Crippen molar-refractivity contribution in [3.05, 3.63) is 59.4 Å². The maximum absolute atomic E-state index is 13.1. The molecule has 0 aliphatic rings. The Labute approximate surface area is 107 Å². The minimum atomic E-state index is -4.45. The summed E-state index contributed by atoms with van der Waals surface area (Å²) < 4.78 is 51.4. The molecule has 1 nitrogen and oxygen atoms in total. The molecule has 0 aliphatic heterocycles. The van der Waals surface area contributed by atoms with Gasteiger partial charge in [0.1, 0.15) is 5.82 Å². The van der Waals surface area contributed by atoms with Gasteiger partial charge in [0.05, 0.1) is 5.56 Å². The van der Waals surface area contributed by atoms with Crippen molar-refractivity contribution in [1.82, 2.24) is 0 Å². The van der Waals surface area contributed by atoms with E-state index >= 15 is 0 Å². The zero-order valence-electron chi connectivity index (χ0n) is 9.84. The highest BCUT2D eigenvalue weighted by atomic mass is 19.4. The fraction of sp³-hybridized carbons (Fsp3) is 0.143. The highest BCUT2D eigenvalue weighted by Crippen LogP contribution is 2.33. The topological polar surface area (TPSA) is 26.0 Å². The normalized spacial score (nSPS) is 11.6. The fourth-order valence-electron chi connectivity index (χ4n) is 1.81. The fourth-order valence-corrected chi connectivity index (χ4v) is 1.81. The molecule has 5 heteroatoms. The van der Waals surface area contributed by atoms with Gasteiger partial charge in [0.15, 0.2) is 0 Å². The molecular weight excluding hydrogens is 258 g/mol. The van der Waals surface area contributed by atoms with E-state index < -0.39 is 17.6 Å². The van der Waals surface area contributed by atoms with Crippen molar-refractivity contribution >= 4 is 0 Å². The van der Waals surface area contributed by atoms with E-state index in [1.165, 1.54) is 24.3 Å². The Morgan fingerprint density at radius 3 is 2.26 bits per heavy atom. The van der Waals surface area contributed by atoms with Crippen molar-refractivity contribution in [2.45, 2.75) is 12.7 Å².